The first kappa shape index (κ1) is 20.7. The van der Waals surface area contributed by atoms with Gasteiger partial charge in [0.2, 0.25) is 4.96 Å². The van der Waals surface area contributed by atoms with Gasteiger partial charge < -0.3 is 4.74 Å². The number of thiazole rings is 1. The zero-order chi connectivity index (χ0) is 22.5. The van der Waals surface area contributed by atoms with E-state index in [1.807, 2.05) is 90.3 Å². The summed E-state index contributed by atoms with van der Waals surface area (Å²) in [5.41, 5.74) is 3.99. The first-order chi connectivity index (χ1) is 16.2. The molecule has 1 amide bonds. The van der Waals surface area contributed by atoms with Crippen molar-refractivity contribution in [1.29, 1.82) is 0 Å². The van der Waals surface area contributed by atoms with E-state index >= 15 is 0 Å². The van der Waals surface area contributed by atoms with Crippen molar-refractivity contribution in [3.63, 3.8) is 0 Å². The van der Waals surface area contributed by atoms with Crippen molar-refractivity contribution in [1.82, 2.24) is 14.6 Å². The lowest BCUT2D eigenvalue weighted by Crippen LogP contribution is -2.09. The van der Waals surface area contributed by atoms with Crippen LogP contribution < -0.4 is 10.1 Å². The number of ether oxygens (including phenoxy) is 1. The number of anilines is 1. The molecule has 0 saturated carbocycles. The van der Waals surface area contributed by atoms with Crippen molar-refractivity contribution in [2.75, 3.05) is 5.32 Å². The van der Waals surface area contributed by atoms with Crippen LogP contribution in [0, 0.1) is 0 Å². The van der Waals surface area contributed by atoms with Crippen LogP contribution in [0.3, 0.4) is 0 Å². The van der Waals surface area contributed by atoms with Crippen LogP contribution in [0.1, 0.15) is 11.1 Å². The Balaban J connectivity index is 1.20. The molecule has 1 N–H and O–H groups in total. The Bertz CT molecular complexity index is 1390. The molecule has 7 heteroatoms. The maximum atomic E-state index is 12.4. The zero-order valence-electron chi connectivity index (χ0n) is 17.6. The van der Waals surface area contributed by atoms with Gasteiger partial charge in [-0.2, -0.15) is 4.98 Å². The maximum Gasteiger partial charge on any atom is 0.250 e. The fraction of sp³-hybridized carbons (Fsp3) is 0.0385. The first-order valence-corrected chi connectivity index (χ1v) is 11.3. The minimum Gasteiger partial charge on any atom is -0.489 e. The fourth-order valence-corrected chi connectivity index (χ4v) is 4.11. The molecule has 162 valence electrons. The van der Waals surface area contributed by atoms with E-state index in [1.54, 1.807) is 10.6 Å². The van der Waals surface area contributed by atoms with Gasteiger partial charge in [0.25, 0.3) is 11.9 Å². The molecule has 0 radical (unpaired) electrons. The number of carbonyl (C=O) groups excluding carboxylic acids is 1. The predicted molar refractivity (Wildman–Crippen MR) is 131 cm³/mol. The molecule has 0 bridgehead atoms. The zero-order valence-corrected chi connectivity index (χ0v) is 18.4. The topological polar surface area (TPSA) is 68.5 Å². The second kappa shape index (κ2) is 9.50. The van der Waals surface area contributed by atoms with Crippen molar-refractivity contribution in [2.45, 2.75) is 6.61 Å². The van der Waals surface area contributed by atoms with Crippen molar-refractivity contribution >= 4 is 34.2 Å². The molecule has 5 rings (SSSR count). The van der Waals surface area contributed by atoms with Crippen molar-refractivity contribution in [2.24, 2.45) is 0 Å². The van der Waals surface area contributed by atoms with Crippen LogP contribution in [0.25, 0.3) is 22.3 Å². The van der Waals surface area contributed by atoms with E-state index < -0.39 is 0 Å². The van der Waals surface area contributed by atoms with Gasteiger partial charge in [0.05, 0.1) is 5.69 Å². The lowest BCUT2D eigenvalue weighted by atomic mass is 10.2. The summed E-state index contributed by atoms with van der Waals surface area (Å²) in [6.45, 7) is 0.513. The number of nitrogens with one attached hydrogen (secondary N) is 1. The summed E-state index contributed by atoms with van der Waals surface area (Å²) in [5.74, 6) is 0.759. The summed E-state index contributed by atoms with van der Waals surface area (Å²) in [7, 11) is 0. The first-order valence-electron chi connectivity index (χ1n) is 10.4. The predicted octanol–water partition coefficient (Wildman–Crippen LogP) is 5.69. The van der Waals surface area contributed by atoms with E-state index in [0.717, 1.165) is 33.1 Å². The summed E-state index contributed by atoms with van der Waals surface area (Å²) >= 11 is 1.48. The molecular formula is C26H20N4O2S. The molecule has 33 heavy (non-hydrogen) atoms. The van der Waals surface area contributed by atoms with Gasteiger partial charge in [0.15, 0.2) is 0 Å². The molecule has 0 unspecified atom stereocenters. The van der Waals surface area contributed by atoms with Crippen LogP contribution in [-0.2, 0) is 11.4 Å². The minimum atomic E-state index is -0.293. The summed E-state index contributed by atoms with van der Waals surface area (Å²) in [6, 6.07) is 27.5. The highest BCUT2D eigenvalue weighted by molar-refractivity contribution is 7.15. The largest absolute Gasteiger partial charge is 0.489 e. The third kappa shape index (κ3) is 4.99. The summed E-state index contributed by atoms with van der Waals surface area (Å²) < 4.78 is 7.54. The third-order valence-electron chi connectivity index (χ3n) is 4.94. The molecular weight excluding hydrogens is 432 g/mol. The molecule has 0 aliphatic rings. The molecule has 3 aromatic carbocycles. The van der Waals surface area contributed by atoms with Crippen LogP contribution in [0.4, 0.5) is 5.95 Å². The average molecular weight is 453 g/mol. The smallest absolute Gasteiger partial charge is 0.250 e. The van der Waals surface area contributed by atoms with E-state index in [9.17, 15) is 4.79 Å². The van der Waals surface area contributed by atoms with Gasteiger partial charge in [-0.3, -0.25) is 10.1 Å². The van der Waals surface area contributed by atoms with E-state index in [2.05, 4.69) is 15.4 Å². The number of amides is 1. The van der Waals surface area contributed by atoms with Gasteiger partial charge in [-0.1, -0.05) is 72.8 Å². The van der Waals surface area contributed by atoms with Crippen LogP contribution in [-0.4, -0.2) is 20.5 Å². The van der Waals surface area contributed by atoms with Crippen LogP contribution in [0.2, 0.25) is 0 Å². The number of carbonyl (C=O) groups is 1. The molecule has 2 aromatic heterocycles. The highest BCUT2D eigenvalue weighted by Gasteiger charge is 2.12. The SMILES string of the molecule is O=C(/C=C/c1ccc(OCc2ccccc2)cc1)Nc1nc2scc(-c3ccccc3)n2n1. The molecule has 6 nitrogen and oxygen atoms in total. The standard InChI is InChI=1S/C26H20N4O2S/c31-24(16-13-19-11-14-22(15-12-19)32-17-20-7-3-1-4-8-20)27-25-28-26-30(29-25)23(18-33-26)21-9-5-2-6-10-21/h1-16,18H,17H2,(H,27,29,31)/b16-13+. The maximum absolute atomic E-state index is 12.4. The summed E-state index contributed by atoms with van der Waals surface area (Å²) in [5, 5.41) is 9.17. The number of rotatable bonds is 7. The molecule has 0 spiro atoms. The summed E-state index contributed by atoms with van der Waals surface area (Å²) in [6.07, 6.45) is 3.21. The number of benzene rings is 3. The third-order valence-corrected chi connectivity index (χ3v) is 5.76. The van der Waals surface area contributed by atoms with E-state index in [-0.39, 0.29) is 11.9 Å². The quantitative estimate of drug-likeness (QED) is 0.322. The van der Waals surface area contributed by atoms with E-state index in [0.29, 0.717) is 6.61 Å². The van der Waals surface area contributed by atoms with Crippen LogP contribution in [0.5, 0.6) is 5.75 Å². The normalized spacial score (nSPS) is 11.2. The number of hydrogen-bond donors (Lipinski definition) is 1. The van der Waals surface area contributed by atoms with Crippen molar-refractivity contribution in [3.05, 3.63) is 108 Å². The van der Waals surface area contributed by atoms with Crippen molar-refractivity contribution < 1.29 is 9.53 Å². The van der Waals surface area contributed by atoms with Crippen LogP contribution in [0.15, 0.2) is 96.4 Å². The van der Waals surface area contributed by atoms with Gasteiger partial charge in [-0.15, -0.1) is 16.4 Å². The lowest BCUT2D eigenvalue weighted by molar-refractivity contribution is -0.111. The number of nitrogens with zero attached hydrogens (tertiary/aromatic N) is 3. The Hall–Kier alpha value is -4.23. The second-order valence-electron chi connectivity index (χ2n) is 7.28. The highest BCUT2D eigenvalue weighted by atomic mass is 32.1. The second-order valence-corrected chi connectivity index (χ2v) is 8.12. The van der Waals surface area contributed by atoms with Gasteiger partial charge >= 0.3 is 0 Å². The van der Waals surface area contributed by atoms with Gasteiger partial charge in [0, 0.05) is 17.0 Å². The van der Waals surface area contributed by atoms with Gasteiger partial charge in [0.1, 0.15) is 12.4 Å². The Labute approximate surface area is 194 Å². The van der Waals surface area contributed by atoms with Gasteiger partial charge in [-0.05, 0) is 29.3 Å². The molecule has 0 saturated heterocycles. The van der Waals surface area contributed by atoms with E-state index in [1.165, 1.54) is 17.4 Å². The monoisotopic (exact) mass is 452 g/mol. The number of hydrogen-bond acceptors (Lipinski definition) is 5. The number of aromatic nitrogens is 3. The molecule has 0 aliphatic carbocycles. The molecule has 0 atom stereocenters. The lowest BCUT2D eigenvalue weighted by Gasteiger charge is -2.06. The highest BCUT2D eigenvalue weighted by Crippen LogP contribution is 2.25. The Kier molecular flexibility index (Phi) is 5.95. The Morgan fingerprint density at radius 3 is 2.45 bits per heavy atom. The Morgan fingerprint density at radius 2 is 1.70 bits per heavy atom. The molecule has 5 aromatic rings. The van der Waals surface area contributed by atoms with E-state index in [4.69, 9.17) is 4.74 Å². The molecule has 0 aliphatic heterocycles. The minimum absolute atomic E-state index is 0.276. The van der Waals surface area contributed by atoms with Gasteiger partial charge in [-0.25, -0.2) is 4.52 Å². The Morgan fingerprint density at radius 1 is 0.970 bits per heavy atom. The van der Waals surface area contributed by atoms with Crippen LogP contribution >= 0.6 is 11.3 Å². The van der Waals surface area contributed by atoms with Crippen molar-refractivity contribution in [3.8, 4) is 17.0 Å². The average Bonchev–Trinajstić information content (AvgIpc) is 3.43. The molecule has 2 heterocycles. The number of fused-ring (bicyclic) bond motifs is 1. The fourth-order valence-electron chi connectivity index (χ4n) is 3.28. The summed E-state index contributed by atoms with van der Waals surface area (Å²) in [4.78, 5) is 17.5. The molecule has 0 fully saturated rings.